The maximum Gasteiger partial charge on any atom is 0.341 e. The zero-order valence-corrected chi connectivity index (χ0v) is 10.1. The van der Waals surface area contributed by atoms with E-state index >= 15 is 0 Å². The lowest BCUT2D eigenvalue weighted by atomic mass is 10.0. The first kappa shape index (κ1) is 11.7. The van der Waals surface area contributed by atoms with Crippen LogP contribution in [0.4, 0.5) is 0 Å². The molecule has 0 spiro atoms. The van der Waals surface area contributed by atoms with Crippen molar-refractivity contribution in [3.63, 3.8) is 0 Å². The van der Waals surface area contributed by atoms with Crippen LogP contribution in [0.25, 0.3) is 11.0 Å². The molecule has 0 fully saturated rings. The van der Waals surface area contributed by atoms with Crippen LogP contribution < -0.4 is 16.1 Å². The van der Waals surface area contributed by atoms with Gasteiger partial charge in [-0.3, -0.25) is 0 Å². The minimum Gasteiger partial charge on any atom is -0.497 e. The van der Waals surface area contributed by atoms with E-state index in [1.165, 1.54) is 0 Å². The lowest BCUT2D eigenvalue weighted by Crippen LogP contribution is -2.18. The van der Waals surface area contributed by atoms with Crippen LogP contribution in [0.1, 0.15) is 24.1 Å². The number of fused-ring (bicyclic) bond motifs is 1. The summed E-state index contributed by atoms with van der Waals surface area (Å²) in [6.07, 6.45) is 0. The molecule has 0 bridgehead atoms. The summed E-state index contributed by atoms with van der Waals surface area (Å²) in [5, 5.41) is 0.887. The summed E-state index contributed by atoms with van der Waals surface area (Å²) in [5.41, 5.74) is 7.33. The Hall–Kier alpha value is -1.81. The minimum absolute atomic E-state index is 0.335. The van der Waals surface area contributed by atoms with Crippen molar-refractivity contribution < 1.29 is 9.15 Å². The summed E-state index contributed by atoms with van der Waals surface area (Å²) in [6, 6.07) is 5.07. The number of rotatable bonds is 2. The van der Waals surface area contributed by atoms with Crippen molar-refractivity contribution in [2.45, 2.75) is 19.9 Å². The van der Waals surface area contributed by atoms with Gasteiger partial charge < -0.3 is 14.9 Å². The molecular formula is C13H15NO3. The third-order valence-corrected chi connectivity index (χ3v) is 2.87. The highest BCUT2D eigenvalue weighted by molar-refractivity contribution is 5.82. The smallest absolute Gasteiger partial charge is 0.341 e. The second kappa shape index (κ2) is 4.22. The molecule has 17 heavy (non-hydrogen) atoms. The summed E-state index contributed by atoms with van der Waals surface area (Å²) in [7, 11) is 1.57. The summed E-state index contributed by atoms with van der Waals surface area (Å²) < 4.78 is 10.4. The maximum atomic E-state index is 11.8. The van der Waals surface area contributed by atoms with E-state index in [4.69, 9.17) is 14.9 Å². The van der Waals surface area contributed by atoms with Gasteiger partial charge in [-0.1, -0.05) is 0 Å². The number of nitrogens with two attached hydrogens (primary N) is 1. The van der Waals surface area contributed by atoms with Crippen LogP contribution in [0, 0.1) is 6.92 Å². The molecule has 2 aromatic rings. The Morgan fingerprint density at radius 2 is 2.12 bits per heavy atom. The van der Waals surface area contributed by atoms with Gasteiger partial charge in [0, 0.05) is 17.5 Å². The Balaban J connectivity index is 2.81. The molecule has 90 valence electrons. The molecule has 1 atom stereocenters. The number of methoxy groups -OCH3 is 1. The Morgan fingerprint density at radius 3 is 2.71 bits per heavy atom. The van der Waals surface area contributed by atoms with Gasteiger partial charge in [0.25, 0.3) is 0 Å². The van der Waals surface area contributed by atoms with Crippen LogP contribution in [0.3, 0.4) is 0 Å². The molecule has 0 saturated heterocycles. The van der Waals surface area contributed by atoms with Crippen LogP contribution >= 0.6 is 0 Å². The summed E-state index contributed by atoms with van der Waals surface area (Å²) in [4.78, 5) is 11.8. The fourth-order valence-electron chi connectivity index (χ4n) is 2.00. The van der Waals surface area contributed by atoms with Gasteiger partial charge in [0.05, 0.1) is 12.7 Å². The van der Waals surface area contributed by atoms with Gasteiger partial charge in [-0.2, -0.15) is 0 Å². The van der Waals surface area contributed by atoms with Gasteiger partial charge in [-0.15, -0.1) is 0 Å². The van der Waals surface area contributed by atoms with Crippen LogP contribution in [-0.4, -0.2) is 7.11 Å². The van der Waals surface area contributed by atoms with Crippen LogP contribution in [-0.2, 0) is 0 Å². The summed E-state index contributed by atoms with van der Waals surface area (Å²) in [6.45, 7) is 3.65. The van der Waals surface area contributed by atoms with Crippen molar-refractivity contribution in [2.24, 2.45) is 5.73 Å². The van der Waals surface area contributed by atoms with Crippen molar-refractivity contribution >= 4 is 11.0 Å². The molecule has 1 unspecified atom stereocenters. The molecular weight excluding hydrogens is 218 g/mol. The first-order chi connectivity index (χ1) is 8.04. The minimum atomic E-state index is -0.377. The highest BCUT2D eigenvalue weighted by atomic mass is 16.5. The van der Waals surface area contributed by atoms with E-state index in [-0.39, 0.29) is 11.7 Å². The number of hydrogen-bond acceptors (Lipinski definition) is 4. The van der Waals surface area contributed by atoms with Crippen molar-refractivity contribution in [3.8, 4) is 5.75 Å². The first-order valence-corrected chi connectivity index (χ1v) is 5.41. The van der Waals surface area contributed by atoms with E-state index in [1.54, 1.807) is 20.1 Å². The highest BCUT2D eigenvalue weighted by Gasteiger charge is 2.14. The molecule has 1 aromatic heterocycles. The molecule has 0 amide bonds. The molecule has 0 radical (unpaired) electrons. The van der Waals surface area contributed by atoms with Gasteiger partial charge in [0.15, 0.2) is 0 Å². The maximum absolute atomic E-state index is 11.8. The standard InChI is InChI=1S/C13H15NO3/c1-7-10-5-4-9(16-3)6-11(10)17-13(15)12(7)8(2)14/h4-6,8H,14H2,1-3H3. The van der Waals surface area contributed by atoms with Gasteiger partial charge >= 0.3 is 5.63 Å². The van der Waals surface area contributed by atoms with Crippen molar-refractivity contribution in [1.82, 2.24) is 0 Å². The Bertz CT molecular complexity index is 614. The largest absolute Gasteiger partial charge is 0.497 e. The summed E-state index contributed by atoms with van der Waals surface area (Å²) in [5.74, 6) is 0.661. The van der Waals surface area contributed by atoms with E-state index in [0.29, 0.717) is 16.9 Å². The molecule has 0 aliphatic carbocycles. The average molecular weight is 233 g/mol. The predicted octanol–water partition coefficient (Wildman–Crippen LogP) is 2.13. The van der Waals surface area contributed by atoms with Crippen LogP contribution in [0.2, 0.25) is 0 Å². The number of aryl methyl sites for hydroxylation is 1. The molecule has 0 aliphatic heterocycles. The molecule has 4 heteroatoms. The molecule has 1 aromatic carbocycles. The fraction of sp³-hybridized carbons (Fsp3) is 0.308. The topological polar surface area (TPSA) is 65.5 Å². The van der Waals surface area contributed by atoms with Gasteiger partial charge in [0.1, 0.15) is 11.3 Å². The zero-order valence-electron chi connectivity index (χ0n) is 10.1. The summed E-state index contributed by atoms with van der Waals surface area (Å²) >= 11 is 0. The third kappa shape index (κ3) is 1.91. The Morgan fingerprint density at radius 1 is 1.41 bits per heavy atom. The van der Waals surface area contributed by atoms with E-state index in [1.807, 2.05) is 19.1 Å². The fourth-order valence-corrected chi connectivity index (χ4v) is 2.00. The molecule has 2 rings (SSSR count). The molecule has 1 heterocycles. The quantitative estimate of drug-likeness (QED) is 0.807. The second-order valence-electron chi connectivity index (χ2n) is 4.08. The average Bonchev–Trinajstić information content (AvgIpc) is 2.27. The first-order valence-electron chi connectivity index (χ1n) is 5.41. The van der Waals surface area contributed by atoms with Crippen molar-refractivity contribution in [2.75, 3.05) is 7.11 Å². The lowest BCUT2D eigenvalue weighted by molar-refractivity contribution is 0.414. The molecule has 2 N–H and O–H groups in total. The van der Waals surface area contributed by atoms with E-state index in [9.17, 15) is 4.79 Å². The highest BCUT2D eigenvalue weighted by Crippen LogP contribution is 2.25. The Kier molecular flexibility index (Phi) is 2.90. The Labute approximate surface area is 99.0 Å². The third-order valence-electron chi connectivity index (χ3n) is 2.87. The van der Waals surface area contributed by atoms with Gasteiger partial charge in [0.2, 0.25) is 0 Å². The monoisotopic (exact) mass is 233 g/mol. The van der Waals surface area contributed by atoms with Crippen LogP contribution in [0.15, 0.2) is 27.4 Å². The van der Waals surface area contributed by atoms with E-state index < -0.39 is 0 Å². The molecule has 0 aliphatic rings. The van der Waals surface area contributed by atoms with Crippen LogP contribution in [0.5, 0.6) is 5.75 Å². The number of hydrogen-bond donors (Lipinski definition) is 1. The lowest BCUT2D eigenvalue weighted by Gasteiger charge is -2.10. The molecule has 4 nitrogen and oxygen atoms in total. The van der Waals surface area contributed by atoms with Crippen molar-refractivity contribution in [1.29, 1.82) is 0 Å². The second-order valence-corrected chi connectivity index (χ2v) is 4.08. The molecule has 0 saturated carbocycles. The number of benzene rings is 1. The van der Waals surface area contributed by atoms with Crippen molar-refractivity contribution in [3.05, 3.63) is 39.7 Å². The van der Waals surface area contributed by atoms with E-state index in [2.05, 4.69) is 0 Å². The van der Waals surface area contributed by atoms with Gasteiger partial charge in [-0.05, 0) is 31.5 Å². The predicted molar refractivity (Wildman–Crippen MR) is 66.4 cm³/mol. The van der Waals surface area contributed by atoms with Gasteiger partial charge in [-0.25, -0.2) is 4.79 Å². The zero-order chi connectivity index (χ0) is 12.6. The SMILES string of the molecule is COc1ccc2c(C)c(C(C)N)c(=O)oc2c1. The number of ether oxygens (including phenoxy) is 1. The normalized spacial score (nSPS) is 12.7. The van der Waals surface area contributed by atoms with E-state index in [0.717, 1.165) is 10.9 Å².